The summed E-state index contributed by atoms with van der Waals surface area (Å²) in [5, 5.41) is 34.6. The van der Waals surface area contributed by atoms with Crippen molar-refractivity contribution in [2.75, 3.05) is 0 Å². The Labute approximate surface area is 95.4 Å². The van der Waals surface area contributed by atoms with Crippen molar-refractivity contribution >= 4 is 39.2 Å². The SMILES string of the molecule is CC(O)C(=O)[O-].CC(O)C(=O)[O-].[Pb]. The molecule has 0 aromatic carbocycles. The van der Waals surface area contributed by atoms with Gasteiger partial charge in [0.1, 0.15) is 0 Å². The number of carboxylic acid groups (broad SMARTS) is 2. The van der Waals surface area contributed by atoms with E-state index >= 15 is 0 Å². The molecule has 0 aliphatic rings. The predicted octanol–water partition coefficient (Wildman–Crippen LogP) is -4.15. The Morgan fingerprint density at radius 1 is 1.00 bits per heavy atom. The van der Waals surface area contributed by atoms with Crippen LogP contribution in [-0.2, 0) is 9.59 Å². The van der Waals surface area contributed by atoms with Crippen molar-refractivity contribution in [3.63, 3.8) is 0 Å². The van der Waals surface area contributed by atoms with Crippen molar-refractivity contribution in [1.29, 1.82) is 0 Å². The average Bonchev–Trinajstić information content (AvgIpc) is 1.88. The quantitative estimate of drug-likeness (QED) is 0.466. The third kappa shape index (κ3) is 18.6. The van der Waals surface area contributed by atoms with Crippen LogP contribution in [0.25, 0.3) is 0 Å². The topological polar surface area (TPSA) is 121 Å². The molecule has 4 radical (unpaired) electrons. The van der Waals surface area contributed by atoms with Gasteiger partial charge < -0.3 is 30.0 Å². The van der Waals surface area contributed by atoms with E-state index in [1.54, 1.807) is 0 Å². The van der Waals surface area contributed by atoms with Crippen LogP contribution in [0.5, 0.6) is 0 Å². The monoisotopic (exact) mass is 386 g/mol. The molecule has 2 unspecified atom stereocenters. The molecule has 0 aromatic rings. The van der Waals surface area contributed by atoms with Crippen molar-refractivity contribution in [2.24, 2.45) is 0 Å². The van der Waals surface area contributed by atoms with Gasteiger partial charge in [0, 0.05) is 27.3 Å². The summed E-state index contributed by atoms with van der Waals surface area (Å²) < 4.78 is 0. The maximum atomic E-state index is 9.34. The van der Waals surface area contributed by atoms with E-state index in [0.717, 1.165) is 13.8 Å². The second kappa shape index (κ2) is 9.87. The summed E-state index contributed by atoms with van der Waals surface area (Å²) >= 11 is 0. The molecule has 0 aliphatic carbocycles. The molecular formula is C6H10O6Pb-2. The number of hydrogen-bond acceptors (Lipinski definition) is 6. The minimum Gasteiger partial charge on any atom is -0.547 e. The summed E-state index contributed by atoms with van der Waals surface area (Å²) in [6.07, 6.45) is -2.69. The molecule has 0 spiro atoms. The first kappa shape index (κ1) is 18.5. The third-order valence-corrected chi connectivity index (χ3v) is 0.682. The number of aliphatic hydroxyl groups excluding tert-OH is 2. The van der Waals surface area contributed by atoms with Gasteiger partial charge >= 0.3 is 0 Å². The minimum absolute atomic E-state index is 0. The summed E-state index contributed by atoms with van der Waals surface area (Å²) in [6.45, 7) is 2.27. The van der Waals surface area contributed by atoms with E-state index in [1.165, 1.54) is 0 Å². The summed E-state index contributed by atoms with van der Waals surface area (Å²) in [7, 11) is 0. The van der Waals surface area contributed by atoms with Gasteiger partial charge in [-0.3, -0.25) is 0 Å². The van der Waals surface area contributed by atoms with Gasteiger partial charge in [0.15, 0.2) is 0 Å². The van der Waals surface area contributed by atoms with Gasteiger partial charge in [-0.05, 0) is 13.8 Å². The largest absolute Gasteiger partial charge is 0.547 e. The average molecular weight is 385 g/mol. The Bertz CT molecular complexity index is 137. The van der Waals surface area contributed by atoms with E-state index in [2.05, 4.69) is 0 Å². The molecule has 0 heterocycles. The Balaban J connectivity index is -0.000000143. The fourth-order valence-electron chi connectivity index (χ4n) is 0. The molecule has 0 amide bonds. The molecule has 13 heavy (non-hydrogen) atoms. The molecule has 0 fully saturated rings. The maximum Gasteiger partial charge on any atom is 0.0905 e. The number of carboxylic acids is 2. The van der Waals surface area contributed by atoms with Gasteiger partial charge in [0.25, 0.3) is 0 Å². The summed E-state index contributed by atoms with van der Waals surface area (Å²) in [5.41, 5.74) is 0. The van der Waals surface area contributed by atoms with Crippen LogP contribution in [0.2, 0.25) is 0 Å². The van der Waals surface area contributed by atoms with Crippen molar-refractivity contribution in [1.82, 2.24) is 0 Å². The van der Waals surface area contributed by atoms with E-state index in [1.807, 2.05) is 0 Å². The Hall–Kier alpha value is -0.218. The zero-order valence-electron chi connectivity index (χ0n) is 7.18. The molecule has 0 aromatic heterocycles. The number of rotatable bonds is 2. The van der Waals surface area contributed by atoms with E-state index in [0.29, 0.717) is 0 Å². The van der Waals surface area contributed by atoms with Gasteiger partial charge in [0.05, 0.1) is 24.1 Å². The minimum atomic E-state index is -1.44. The van der Waals surface area contributed by atoms with Crippen LogP contribution < -0.4 is 10.2 Å². The molecule has 0 bridgehead atoms. The van der Waals surface area contributed by atoms with Crippen molar-refractivity contribution in [3.05, 3.63) is 0 Å². The first-order valence-corrected chi connectivity index (χ1v) is 3.06. The normalized spacial score (nSPS) is 12.6. The second-order valence-electron chi connectivity index (χ2n) is 1.99. The van der Waals surface area contributed by atoms with Crippen LogP contribution in [0.1, 0.15) is 13.8 Å². The first-order valence-electron chi connectivity index (χ1n) is 3.06. The van der Waals surface area contributed by atoms with Crippen LogP contribution in [0.15, 0.2) is 0 Å². The van der Waals surface area contributed by atoms with Crippen LogP contribution in [0.4, 0.5) is 0 Å². The molecule has 76 valence electrons. The molecule has 6 nitrogen and oxygen atoms in total. The molecular weight excluding hydrogens is 375 g/mol. The van der Waals surface area contributed by atoms with Crippen molar-refractivity contribution < 1.29 is 30.0 Å². The van der Waals surface area contributed by atoms with Crippen molar-refractivity contribution in [3.8, 4) is 0 Å². The fourth-order valence-corrected chi connectivity index (χ4v) is 0. The molecule has 0 saturated carbocycles. The summed E-state index contributed by atoms with van der Waals surface area (Å²) in [6, 6.07) is 0. The standard InChI is InChI=1S/2C3H6O3.Pb/c2*1-2(4)3(5)6;/h2*2,4H,1H3,(H,5,6);/p-2. The van der Waals surface area contributed by atoms with E-state index in [9.17, 15) is 19.8 Å². The first-order chi connectivity index (χ1) is 5.29. The fraction of sp³-hybridized carbons (Fsp3) is 0.667. The second-order valence-corrected chi connectivity index (χ2v) is 1.99. The number of aliphatic carboxylic acids is 2. The van der Waals surface area contributed by atoms with Crippen LogP contribution in [-0.4, -0.2) is 61.7 Å². The maximum absolute atomic E-state index is 9.34. The van der Waals surface area contributed by atoms with Crippen LogP contribution in [0, 0.1) is 0 Å². The predicted molar refractivity (Wildman–Crippen MR) is 39.1 cm³/mol. The Morgan fingerprint density at radius 2 is 1.08 bits per heavy atom. The molecule has 2 atom stereocenters. The molecule has 0 aliphatic heterocycles. The van der Waals surface area contributed by atoms with Crippen LogP contribution >= 0.6 is 0 Å². The number of hydrogen-bond donors (Lipinski definition) is 2. The number of carbonyl (C=O) groups is 2. The van der Waals surface area contributed by atoms with Crippen LogP contribution in [0.3, 0.4) is 0 Å². The van der Waals surface area contributed by atoms with Gasteiger partial charge in [-0.15, -0.1) is 0 Å². The van der Waals surface area contributed by atoms with Gasteiger partial charge in [-0.25, -0.2) is 0 Å². The third-order valence-electron chi connectivity index (χ3n) is 0.682. The van der Waals surface area contributed by atoms with Crippen molar-refractivity contribution in [2.45, 2.75) is 26.1 Å². The molecule has 2 N–H and O–H groups in total. The number of carbonyl (C=O) groups excluding carboxylic acids is 2. The summed E-state index contributed by atoms with van der Waals surface area (Å²) in [5.74, 6) is -2.87. The van der Waals surface area contributed by atoms with Gasteiger partial charge in [-0.1, -0.05) is 0 Å². The summed E-state index contributed by atoms with van der Waals surface area (Å²) in [4.78, 5) is 18.7. The Morgan fingerprint density at radius 3 is 1.08 bits per heavy atom. The zero-order valence-corrected chi connectivity index (χ0v) is 11.1. The molecule has 7 heteroatoms. The molecule has 0 rings (SSSR count). The number of aliphatic hydroxyl groups is 2. The van der Waals surface area contributed by atoms with Gasteiger partial charge in [0.2, 0.25) is 0 Å². The molecule has 0 saturated heterocycles. The smallest absolute Gasteiger partial charge is 0.0905 e. The zero-order chi connectivity index (χ0) is 10.3. The van der Waals surface area contributed by atoms with Gasteiger partial charge in [-0.2, -0.15) is 0 Å². The van der Waals surface area contributed by atoms with E-state index < -0.39 is 24.1 Å². The van der Waals surface area contributed by atoms with E-state index in [-0.39, 0.29) is 27.3 Å². The Kier molecular flexibility index (Phi) is 14.1. The van der Waals surface area contributed by atoms with E-state index in [4.69, 9.17) is 10.2 Å².